The van der Waals surface area contributed by atoms with Crippen molar-refractivity contribution in [1.29, 1.82) is 0 Å². The predicted octanol–water partition coefficient (Wildman–Crippen LogP) is 1.59. The van der Waals surface area contributed by atoms with Gasteiger partial charge in [-0.1, -0.05) is 23.2 Å². The van der Waals surface area contributed by atoms with Crippen molar-refractivity contribution in [1.82, 2.24) is 0 Å². The Hall–Kier alpha value is -1.10. The van der Waals surface area contributed by atoms with Gasteiger partial charge < -0.3 is 10.8 Å². The molecule has 3 N–H and O–H groups in total. The number of carbonyl (C=O) groups is 2. The number of ketones is 1. The van der Waals surface area contributed by atoms with Crippen molar-refractivity contribution >= 4 is 35.0 Å². The molecule has 0 heterocycles. The van der Waals surface area contributed by atoms with Crippen LogP contribution in [-0.2, 0) is 4.79 Å². The number of rotatable bonds is 3. The number of carbonyl (C=O) groups excluding carboxylic acids is 1. The molecule has 6 heteroatoms. The van der Waals surface area contributed by atoms with Gasteiger partial charge in [0.05, 0.1) is 10.0 Å². The first kappa shape index (κ1) is 12.0. The highest BCUT2D eigenvalue weighted by Gasteiger charge is 2.22. The van der Waals surface area contributed by atoms with Gasteiger partial charge in [-0.15, -0.1) is 0 Å². The first-order valence-corrected chi connectivity index (χ1v) is 4.66. The minimum absolute atomic E-state index is 0.124. The maximum Gasteiger partial charge on any atom is 0.328 e. The predicted molar refractivity (Wildman–Crippen MR) is 56.4 cm³/mol. The Labute approximate surface area is 95.6 Å². The first-order valence-electron chi connectivity index (χ1n) is 3.91. The molecule has 1 atom stereocenters. The van der Waals surface area contributed by atoms with Gasteiger partial charge in [-0.05, 0) is 18.2 Å². The third-order valence-electron chi connectivity index (χ3n) is 1.75. The topological polar surface area (TPSA) is 80.4 Å². The Morgan fingerprint density at radius 1 is 1.27 bits per heavy atom. The molecule has 0 fully saturated rings. The van der Waals surface area contributed by atoms with Gasteiger partial charge in [-0.25, -0.2) is 0 Å². The third-order valence-corrected chi connectivity index (χ3v) is 2.49. The molecule has 0 aromatic heterocycles. The monoisotopic (exact) mass is 247 g/mol. The van der Waals surface area contributed by atoms with Crippen molar-refractivity contribution < 1.29 is 14.7 Å². The molecule has 80 valence electrons. The van der Waals surface area contributed by atoms with E-state index < -0.39 is 17.8 Å². The van der Waals surface area contributed by atoms with Crippen LogP contribution in [0.2, 0.25) is 10.0 Å². The molecule has 4 nitrogen and oxygen atoms in total. The summed E-state index contributed by atoms with van der Waals surface area (Å²) in [7, 11) is 0. The molecular formula is C9H7Cl2NO3. The summed E-state index contributed by atoms with van der Waals surface area (Å²) < 4.78 is 0. The number of halogens is 2. The number of benzene rings is 1. The van der Waals surface area contributed by atoms with E-state index in [-0.39, 0.29) is 15.6 Å². The lowest BCUT2D eigenvalue weighted by Gasteiger charge is -2.06. The minimum Gasteiger partial charge on any atom is -0.480 e. The van der Waals surface area contributed by atoms with Crippen molar-refractivity contribution in [3.8, 4) is 0 Å². The van der Waals surface area contributed by atoms with Crippen LogP contribution in [0.1, 0.15) is 10.4 Å². The number of aliphatic carboxylic acids is 1. The quantitative estimate of drug-likeness (QED) is 0.628. The lowest BCUT2D eigenvalue weighted by Crippen LogP contribution is -2.38. The van der Waals surface area contributed by atoms with Crippen molar-refractivity contribution in [3.63, 3.8) is 0 Å². The molecule has 0 aliphatic heterocycles. The summed E-state index contributed by atoms with van der Waals surface area (Å²) in [6.45, 7) is 0. The zero-order chi connectivity index (χ0) is 11.6. The van der Waals surface area contributed by atoms with E-state index in [0.29, 0.717) is 0 Å². The van der Waals surface area contributed by atoms with Gasteiger partial charge in [-0.3, -0.25) is 9.59 Å². The van der Waals surface area contributed by atoms with E-state index in [1.807, 2.05) is 0 Å². The van der Waals surface area contributed by atoms with E-state index in [4.69, 9.17) is 34.0 Å². The molecule has 0 spiro atoms. The van der Waals surface area contributed by atoms with E-state index in [0.717, 1.165) is 0 Å². The third kappa shape index (κ3) is 2.68. The van der Waals surface area contributed by atoms with Crippen LogP contribution < -0.4 is 5.73 Å². The van der Waals surface area contributed by atoms with Gasteiger partial charge in [0.15, 0.2) is 11.8 Å². The lowest BCUT2D eigenvalue weighted by molar-refractivity contribution is -0.137. The molecule has 0 amide bonds. The fourth-order valence-electron chi connectivity index (χ4n) is 0.941. The van der Waals surface area contributed by atoms with E-state index in [1.54, 1.807) is 0 Å². The largest absolute Gasteiger partial charge is 0.480 e. The average Bonchev–Trinajstić information content (AvgIpc) is 2.19. The minimum atomic E-state index is -1.58. The molecule has 0 saturated carbocycles. The Balaban J connectivity index is 3.02. The molecule has 0 saturated heterocycles. The zero-order valence-corrected chi connectivity index (χ0v) is 8.92. The standard InChI is InChI=1S/C9H7Cl2NO3/c10-5-2-1-4(3-6(5)11)8(13)7(12)9(14)15/h1-3,7H,12H2,(H,14,15). The maximum absolute atomic E-state index is 11.4. The Bertz CT molecular complexity index is 420. The summed E-state index contributed by atoms with van der Waals surface area (Å²) in [5.41, 5.74) is 5.28. The first-order chi connectivity index (χ1) is 6.93. The molecule has 1 aromatic carbocycles. The van der Waals surface area contributed by atoms with Crippen molar-refractivity contribution in [2.45, 2.75) is 6.04 Å². The Morgan fingerprint density at radius 2 is 1.87 bits per heavy atom. The molecule has 1 unspecified atom stereocenters. The second-order valence-electron chi connectivity index (χ2n) is 2.81. The van der Waals surface area contributed by atoms with Gasteiger partial charge >= 0.3 is 5.97 Å². The highest BCUT2D eigenvalue weighted by molar-refractivity contribution is 6.42. The smallest absolute Gasteiger partial charge is 0.328 e. The fraction of sp³-hybridized carbons (Fsp3) is 0.111. The van der Waals surface area contributed by atoms with Gasteiger partial charge in [0.2, 0.25) is 0 Å². The maximum atomic E-state index is 11.4. The molecular weight excluding hydrogens is 241 g/mol. The molecule has 0 aliphatic carbocycles. The normalized spacial score (nSPS) is 12.2. The second-order valence-corrected chi connectivity index (χ2v) is 3.62. The van der Waals surface area contributed by atoms with E-state index in [1.165, 1.54) is 18.2 Å². The summed E-state index contributed by atoms with van der Waals surface area (Å²) in [5, 5.41) is 9.00. The number of carboxylic acid groups (broad SMARTS) is 1. The van der Waals surface area contributed by atoms with Crippen LogP contribution in [0.4, 0.5) is 0 Å². The average molecular weight is 248 g/mol. The molecule has 1 aromatic rings. The van der Waals surface area contributed by atoms with Crippen LogP contribution in [0.3, 0.4) is 0 Å². The zero-order valence-electron chi connectivity index (χ0n) is 7.41. The molecule has 0 bridgehead atoms. The van der Waals surface area contributed by atoms with Crippen LogP contribution in [-0.4, -0.2) is 22.9 Å². The molecule has 0 radical (unpaired) electrons. The van der Waals surface area contributed by atoms with Crippen LogP contribution >= 0.6 is 23.2 Å². The van der Waals surface area contributed by atoms with Gasteiger partial charge in [-0.2, -0.15) is 0 Å². The van der Waals surface area contributed by atoms with Crippen molar-refractivity contribution in [3.05, 3.63) is 33.8 Å². The summed E-state index contributed by atoms with van der Waals surface area (Å²) in [5.74, 6) is -2.09. The highest BCUT2D eigenvalue weighted by atomic mass is 35.5. The summed E-state index contributed by atoms with van der Waals surface area (Å²) in [4.78, 5) is 21.9. The van der Waals surface area contributed by atoms with Gasteiger partial charge in [0.1, 0.15) is 0 Å². The highest BCUT2D eigenvalue weighted by Crippen LogP contribution is 2.23. The number of Topliss-reactive ketones (excluding diaryl/α,β-unsaturated/α-hetero) is 1. The molecule has 1 rings (SSSR count). The van der Waals surface area contributed by atoms with E-state index >= 15 is 0 Å². The molecule has 15 heavy (non-hydrogen) atoms. The number of hydrogen-bond acceptors (Lipinski definition) is 3. The SMILES string of the molecule is NC(C(=O)O)C(=O)c1ccc(Cl)c(Cl)c1. The summed E-state index contributed by atoms with van der Waals surface area (Å²) >= 11 is 11.3. The van der Waals surface area contributed by atoms with E-state index in [9.17, 15) is 9.59 Å². The summed E-state index contributed by atoms with van der Waals surface area (Å²) in [6, 6.07) is 2.49. The van der Waals surface area contributed by atoms with Crippen LogP contribution in [0.5, 0.6) is 0 Å². The van der Waals surface area contributed by atoms with Crippen molar-refractivity contribution in [2.75, 3.05) is 0 Å². The van der Waals surface area contributed by atoms with Crippen LogP contribution in [0.15, 0.2) is 18.2 Å². The fourth-order valence-corrected chi connectivity index (χ4v) is 1.24. The van der Waals surface area contributed by atoms with Crippen molar-refractivity contribution in [2.24, 2.45) is 5.73 Å². The van der Waals surface area contributed by atoms with Crippen LogP contribution in [0.25, 0.3) is 0 Å². The second kappa shape index (κ2) is 4.61. The summed E-state index contributed by atoms with van der Waals surface area (Å²) in [6.07, 6.45) is 0. The number of nitrogens with two attached hydrogens (primary N) is 1. The molecule has 0 aliphatic rings. The van der Waals surface area contributed by atoms with Crippen LogP contribution in [0, 0.1) is 0 Å². The Morgan fingerprint density at radius 3 is 2.33 bits per heavy atom. The van der Waals surface area contributed by atoms with E-state index in [2.05, 4.69) is 0 Å². The van der Waals surface area contributed by atoms with Gasteiger partial charge in [0.25, 0.3) is 0 Å². The number of carboxylic acids is 1. The van der Waals surface area contributed by atoms with Gasteiger partial charge in [0, 0.05) is 5.56 Å². The lowest BCUT2D eigenvalue weighted by atomic mass is 10.1. The Kier molecular flexibility index (Phi) is 3.68. The number of hydrogen-bond donors (Lipinski definition) is 2.